The van der Waals surface area contributed by atoms with E-state index in [4.69, 9.17) is 17.2 Å². The second kappa shape index (κ2) is 12.8. The van der Waals surface area contributed by atoms with Crippen molar-refractivity contribution in [2.75, 3.05) is 6.54 Å². The molecule has 3 unspecified atom stereocenters. The first-order chi connectivity index (χ1) is 16.2. The van der Waals surface area contributed by atoms with Crippen LogP contribution in [0.4, 0.5) is 0 Å². The number of carboxylic acid groups (broad SMARTS) is 1. The molecule has 0 bridgehead atoms. The number of imidazole rings is 1. The van der Waals surface area contributed by atoms with E-state index in [1.54, 1.807) is 12.1 Å². The van der Waals surface area contributed by atoms with Crippen LogP contribution in [0.5, 0.6) is 5.75 Å². The molecule has 0 fully saturated rings. The Hall–Kier alpha value is -4.13. The highest BCUT2D eigenvalue weighted by Gasteiger charge is 2.28. The van der Waals surface area contributed by atoms with Gasteiger partial charge >= 0.3 is 5.97 Å². The third kappa shape index (κ3) is 8.78. The molecule has 0 radical (unpaired) electrons. The maximum Gasteiger partial charge on any atom is 0.326 e. The molecule has 0 aliphatic heterocycles. The van der Waals surface area contributed by atoms with Gasteiger partial charge in [0.05, 0.1) is 12.4 Å². The SMILES string of the molecule is NC(N)=NCCCC(NC(=O)C(N)Cc1cnc[nH]1)C(=O)NC(Cc1ccc(O)cc1)C(=O)O. The average molecular weight is 475 g/mol. The molecule has 1 heterocycles. The molecule has 0 saturated heterocycles. The Kier molecular flexibility index (Phi) is 9.83. The molecule has 0 saturated carbocycles. The molecule has 2 aromatic rings. The zero-order valence-electron chi connectivity index (χ0n) is 18.5. The molecule has 11 N–H and O–H groups in total. The van der Waals surface area contributed by atoms with Gasteiger partial charge in [-0.15, -0.1) is 0 Å². The largest absolute Gasteiger partial charge is 0.508 e. The number of aromatic nitrogens is 2. The zero-order chi connectivity index (χ0) is 25.1. The van der Waals surface area contributed by atoms with E-state index in [0.717, 1.165) is 0 Å². The maximum atomic E-state index is 12.9. The first kappa shape index (κ1) is 26.1. The number of nitrogens with one attached hydrogen (secondary N) is 3. The number of aliphatic carboxylic acids is 1. The van der Waals surface area contributed by atoms with Gasteiger partial charge in [0.15, 0.2) is 5.96 Å². The number of guanidine groups is 1. The van der Waals surface area contributed by atoms with Crippen LogP contribution in [0.15, 0.2) is 41.8 Å². The summed E-state index contributed by atoms with van der Waals surface area (Å²) < 4.78 is 0. The molecular weight excluding hydrogens is 444 g/mol. The maximum absolute atomic E-state index is 12.9. The fraction of sp³-hybridized carbons (Fsp3) is 0.381. The van der Waals surface area contributed by atoms with Crippen molar-refractivity contribution in [3.63, 3.8) is 0 Å². The van der Waals surface area contributed by atoms with E-state index in [9.17, 15) is 24.6 Å². The van der Waals surface area contributed by atoms with Crippen LogP contribution in [0.2, 0.25) is 0 Å². The Morgan fingerprint density at radius 3 is 2.32 bits per heavy atom. The minimum Gasteiger partial charge on any atom is -0.508 e. The van der Waals surface area contributed by atoms with Crippen molar-refractivity contribution in [1.82, 2.24) is 20.6 Å². The topological polar surface area (TPSA) is 235 Å². The normalized spacial score (nSPS) is 13.3. The van der Waals surface area contributed by atoms with Gasteiger partial charge < -0.3 is 43.0 Å². The van der Waals surface area contributed by atoms with E-state index < -0.39 is 35.9 Å². The summed E-state index contributed by atoms with van der Waals surface area (Å²) in [5.41, 5.74) is 17.8. The lowest BCUT2D eigenvalue weighted by molar-refractivity contribution is -0.142. The lowest BCUT2D eigenvalue weighted by Gasteiger charge is -2.23. The van der Waals surface area contributed by atoms with Gasteiger partial charge in [0, 0.05) is 31.3 Å². The molecule has 2 rings (SSSR count). The molecule has 184 valence electrons. The molecule has 1 aromatic carbocycles. The predicted octanol–water partition coefficient (Wildman–Crippen LogP) is -1.66. The number of benzene rings is 1. The summed E-state index contributed by atoms with van der Waals surface area (Å²) in [5.74, 6) is -2.58. The van der Waals surface area contributed by atoms with Crippen LogP contribution in [0.1, 0.15) is 24.1 Å². The fourth-order valence-electron chi connectivity index (χ4n) is 3.12. The summed E-state index contributed by atoms with van der Waals surface area (Å²) in [4.78, 5) is 47.9. The Bertz CT molecular complexity index is 974. The third-order valence-electron chi connectivity index (χ3n) is 4.90. The van der Waals surface area contributed by atoms with Crippen LogP contribution >= 0.6 is 0 Å². The van der Waals surface area contributed by atoms with Gasteiger partial charge in [-0.25, -0.2) is 9.78 Å². The van der Waals surface area contributed by atoms with Gasteiger partial charge in [-0.05, 0) is 30.5 Å². The van der Waals surface area contributed by atoms with Crippen molar-refractivity contribution >= 4 is 23.7 Å². The number of aromatic hydroxyl groups is 1. The predicted molar refractivity (Wildman–Crippen MR) is 123 cm³/mol. The van der Waals surface area contributed by atoms with E-state index in [1.165, 1.54) is 24.7 Å². The molecule has 0 spiro atoms. The van der Waals surface area contributed by atoms with Gasteiger partial charge in [0.2, 0.25) is 11.8 Å². The highest BCUT2D eigenvalue weighted by Crippen LogP contribution is 2.12. The molecular formula is C21H30N8O5. The van der Waals surface area contributed by atoms with E-state index >= 15 is 0 Å². The summed E-state index contributed by atoms with van der Waals surface area (Å²) in [6.45, 7) is 0.220. The highest BCUT2D eigenvalue weighted by molar-refractivity contribution is 5.91. The number of aromatic amines is 1. The lowest BCUT2D eigenvalue weighted by Crippen LogP contribution is -2.55. The number of carboxylic acids is 1. The van der Waals surface area contributed by atoms with Gasteiger partial charge in [-0.2, -0.15) is 0 Å². The number of phenolic OH excluding ortho intramolecular Hbond substituents is 1. The standard InChI is InChI=1S/C21H30N8O5/c22-15(9-13-10-25-11-27-13)18(31)28-16(2-1-7-26-21(23)24)19(32)29-17(20(33)34)8-12-3-5-14(30)6-4-12/h3-6,10-11,15-17,30H,1-2,7-9,22H2,(H,25,27)(H,28,31)(H,29,32)(H,33,34)(H4,23,24,26). The minimum absolute atomic E-state index is 0.0185. The monoisotopic (exact) mass is 474 g/mol. The molecule has 3 atom stereocenters. The summed E-state index contributed by atoms with van der Waals surface area (Å²) in [6.07, 6.45) is 3.65. The first-order valence-corrected chi connectivity index (χ1v) is 10.6. The number of hydrogen-bond donors (Lipinski definition) is 8. The van der Waals surface area contributed by atoms with Crippen molar-refractivity contribution in [3.05, 3.63) is 48.0 Å². The van der Waals surface area contributed by atoms with Crippen molar-refractivity contribution in [1.29, 1.82) is 0 Å². The number of aliphatic imine (C=N–C) groups is 1. The van der Waals surface area contributed by atoms with Crippen LogP contribution in [-0.2, 0) is 27.2 Å². The number of carbonyl (C=O) groups is 3. The number of carbonyl (C=O) groups excluding carboxylic acids is 2. The summed E-state index contributed by atoms with van der Waals surface area (Å²) in [6, 6.07) is 2.68. The lowest BCUT2D eigenvalue weighted by atomic mass is 10.0. The number of nitrogens with zero attached hydrogens (tertiary/aromatic N) is 2. The highest BCUT2D eigenvalue weighted by atomic mass is 16.4. The van der Waals surface area contributed by atoms with Gasteiger partial charge in [0.25, 0.3) is 0 Å². The summed E-state index contributed by atoms with van der Waals surface area (Å²) in [7, 11) is 0. The number of H-pyrrole nitrogens is 1. The van der Waals surface area contributed by atoms with Crippen molar-refractivity contribution in [2.45, 2.75) is 43.8 Å². The molecule has 13 nitrogen and oxygen atoms in total. The van der Waals surface area contributed by atoms with Crippen LogP contribution in [0.25, 0.3) is 0 Å². The second-order valence-electron chi connectivity index (χ2n) is 7.67. The summed E-state index contributed by atoms with van der Waals surface area (Å²) >= 11 is 0. The molecule has 34 heavy (non-hydrogen) atoms. The third-order valence-corrected chi connectivity index (χ3v) is 4.90. The molecule has 13 heteroatoms. The van der Waals surface area contributed by atoms with Crippen LogP contribution in [0.3, 0.4) is 0 Å². The van der Waals surface area contributed by atoms with Crippen molar-refractivity contribution < 1.29 is 24.6 Å². The summed E-state index contributed by atoms with van der Waals surface area (Å²) in [5, 5.41) is 24.0. The molecule has 2 amide bonds. The van der Waals surface area contributed by atoms with Crippen molar-refractivity contribution in [2.24, 2.45) is 22.2 Å². The van der Waals surface area contributed by atoms with Crippen LogP contribution < -0.4 is 27.8 Å². The number of rotatable bonds is 13. The second-order valence-corrected chi connectivity index (χ2v) is 7.67. The Labute approximate surface area is 195 Å². The zero-order valence-corrected chi connectivity index (χ0v) is 18.5. The molecule has 1 aromatic heterocycles. The van der Waals surface area contributed by atoms with E-state index in [-0.39, 0.29) is 37.5 Å². The van der Waals surface area contributed by atoms with Crippen molar-refractivity contribution in [3.8, 4) is 5.75 Å². The average Bonchev–Trinajstić information content (AvgIpc) is 3.29. The van der Waals surface area contributed by atoms with E-state index in [1.807, 2.05) is 0 Å². The first-order valence-electron chi connectivity index (χ1n) is 10.6. The molecule has 0 aliphatic rings. The van der Waals surface area contributed by atoms with Gasteiger partial charge in [0.1, 0.15) is 17.8 Å². The Morgan fingerprint density at radius 2 is 1.74 bits per heavy atom. The van der Waals surface area contributed by atoms with Crippen LogP contribution in [-0.4, -0.2) is 68.6 Å². The van der Waals surface area contributed by atoms with Gasteiger partial charge in [-0.1, -0.05) is 12.1 Å². The number of nitrogens with two attached hydrogens (primary N) is 3. The number of amides is 2. The van der Waals surface area contributed by atoms with Gasteiger partial charge in [-0.3, -0.25) is 14.6 Å². The minimum atomic E-state index is -1.26. The van der Waals surface area contributed by atoms with E-state index in [2.05, 4.69) is 25.6 Å². The smallest absolute Gasteiger partial charge is 0.326 e. The number of phenols is 1. The number of hydrogen-bond acceptors (Lipinski definition) is 7. The quantitative estimate of drug-likeness (QED) is 0.0940. The Morgan fingerprint density at radius 1 is 1.06 bits per heavy atom. The van der Waals surface area contributed by atoms with E-state index in [0.29, 0.717) is 17.7 Å². The fourth-order valence-corrected chi connectivity index (χ4v) is 3.12. The molecule has 0 aliphatic carbocycles. The van der Waals surface area contributed by atoms with Crippen LogP contribution in [0, 0.1) is 0 Å². The Balaban J connectivity index is 2.07.